The molecule has 1 aromatic carbocycles. The van der Waals surface area contributed by atoms with Gasteiger partial charge in [0.05, 0.1) is 33.0 Å². The van der Waals surface area contributed by atoms with E-state index >= 15 is 0 Å². The third kappa shape index (κ3) is 3.53. The van der Waals surface area contributed by atoms with Gasteiger partial charge in [-0.25, -0.2) is 0 Å². The zero-order chi connectivity index (χ0) is 12.2. The van der Waals surface area contributed by atoms with Crippen LogP contribution in [-0.2, 0) is 32.2 Å². The summed E-state index contributed by atoms with van der Waals surface area (Å²) in [6.45, 7) is 3.63. The van der Waals surface area contributed by atoms with Gasteiger partial charge in [-0.2, -0.15) is 0 Å². The molecular weight excluding hydrogens is 232 g/mol. The van der Waals surface area contributed by atoms with E-state index in [4.69, 9.17) is 18.9 Å². The highest BCUT2D eigenvalue weighted by atomic mass is 16.7. The number of benzene rings is 1. The molecule has 98 valence electrons. The Balaban J connectivity index is 1.39. The Morgan fingerprint density at radius 3 is 2.28 bits per heavy atom. The molecule has 2 aliphatic heterocycles. The summed E-state index contributed by atoms with van der Waals surface area (Å²) in [7, 11) is 0. The molecule has 2 atom stereocenters. The smallest absolute Gasteiger partial charge is 0.160 e. The Morgan fingerprint density at radius 1 is 1.06 bits per heavy atom. The Bertz CT molecular complexity index is 368. The molecule has 2 unspecified atom stereocenters. The maximum Gasteiger partial charge on any atom is 0.160 e. The first-order valence-corrected chi connectivity index (χ1v) is 6.40. The van der Waals surface area contributed by atoms with Gasteiger partial charge in [-0.1, -0.05) is 24.3 Å². The van der Waals surface area contributed by atoms with Gasteiger partial charge in [0.2, 0.25) is 0 Å². The summed E-state index contributed by atoms with van der Waals surface area (Å²) in [5, 5.41) is 0. The van der Waals surface area contributed by atoms with Gasteiger partial charge in [0.1, 0.15) is 6.10 Å². The molecule has 2 heterocycles. The number of hydrogen-bond acceptors (Lipinski definition) is 4. The zero-order valence-electron chi connectivity index (χ0n) is 10.3. The van der Waals surface area contributed by atoms with Crippen LogP contribution in [0.1, 0.15) is 17.5 Å². The highest BCUT2D eigenvalue weighted by Crippen LogP contribution is 2.15. The molecule has 0 aromatic heterocycles. The Morgan fingerprint density at radius 2 is 1.72 bits per heavy atom. The second-order valence-electron chi connectivity index (χ2n) is 4.69. The minimum Gasteiger partial charge on any atom is -0.374 e. The fourth-order valence-corrected chi connectivity index (χ4v) is 1.74. The van der Waals surface area contributed by atoms with Crippen molar-refractivity contribution in [1.29, 1.82) is 0 Å². The van der Waals surface area contributed by atoms with E-state index in [9.17, 15) is 0 Å². The van der Waals surface area contributed by atoms with Gasteiger partial charge in [0.15, 0.2) is 6.29 Å². The van der Waals surface area contributed by atoms with Gasteiger partial charge in [-0.15, -0.1) is 0 Å². The van der Waals surface area contributed by atoms with E-state index in [1.54, 1.807) is 0 Å². The van der Waals surface area contributed by atoms with E-state index in [-0.39, 0.29) is 6.29 Å². The van der Waals surface area contributed by atoms with Gasteiger partial charge < -0.3 is 18.9 Å². The van der Waals surface area contributed by atoms with Gasteiger partial charge >= 0.3 is 0 Å². The van der Waals surface area contributed by atoms with E-state index in [0.29, 0.717) is 25.9 Å². The average molecular weight is 250 g/mol. The SMILES string of the molecule is c1cc(COC2CCO2)ccc1COCC1CO1. The molecule has 3 rings (SSSR count). The molecule has 2 aliphatic rings. The maximum absolute atomic E-state index is 5.55. The standard InChI is InChI=1S/C14H18O4/c1-3-12(8-18-14-5-6-16-14)4-2-11(1)7-15-9-13-10-17-13/h1-4,13-14H,5-10H2. The lowest BCUT2D eigenvalue weighted by Crippen LogP contribution is -2.29. The van der Waals surface area contributed by atoms with Crippen molar-refractivity contribution in [2.24, 2.45) is 0 Å². The summed E-state index contributed by atoms with van der Waals surface area (Å²) in [5.74, 6) is 0. The Hall–Kier alpha value is -0.940. The summed E-state index contributed by atoms with van der Waals surface area (Å²) in [5.41, 5.74) is 2.35. The number of rotatable bonds is 7. The second-order valence-corrected chi connectivity index (χ2v) is 4.69. The third-order valence-electron chi connectivity index (χ3n) is 3.09. The first kappa shape index (κ1) is 12.1. The second kappa shape index (κ2) is 5.80. The van der Waals surface area contributed by atoms with Crippen LogP contribution in [0.3, 0.4) is 0 Å². The van der Waals surface area contributed by atoms with E-state index < -0.39 is 0 Å². The van der Waals surface area contributed by atoms with Crippen molar-refractivity contribution in [1.82, 2.24) is 0 Å². The maximum atomic E-state index is 5.55. The van der Waals surface area contributed by atoms with Crippen LogP contribution in [0.25, 0.3) is 0 Å². The van der Waals surface area contributed by atoms with Crippen molar-refractivity contribution in [3.05, 3.63) is 35.4 Å². The fraction of sp³-hybridized carbons (Fsp3) is 0.571. The molecule has 2 fully saturated rings. The summed E-state index contributed by atoms with van der Waals surface area (Å²) in [6.07, 6.45) is 1.35. The van der Waals surface area contributed by atoms with E-state index in [0.717, 1.165) is 19.6 Å². The van der Waals surface area contributed by atoms with Gasteiger partial charge in [-0.3, -0.25) is 0 Å². The Kier molecular flexibility index (Phi) is 3.90. The quantitative estimate of drug-likeness (QED) is 0.693. The molecular formula is C14H18O4. The highest BCUT2D eigenvalue weighted by molar-refractivity contribution is 5.21. The summed E-state index contributed by atoms with van der Waals surface area (Å²) < 4.78 is 21.4. The van der Waals surface area contributed by atoms with Crippen LogP contribution in [0, 0.1) is 0 Å². The van der Waals surface area contributed by atoms with Crippen LogP contribution >= 0.6 is 0 Å². The van der Waals surface area contributed by atoms with Crippen LogP contribution in [0.4, 0.5) is 0 Å². The van der Waals surface area contributed by atoms with Gasteiger partial charge in [0, 0.05) is 6.42 Å². The normalized spacial score (nSPS) is 25.8. The predicted octanol–water partition coefficient (Wildman–Crippen LogP) is 1.86. The van der Waals surface area contributed by atoms with Crippen LogP contribution in [0.5, 0.6) is 0 Å². The molecule has 4 heteroatoms. The molecule has 4 nitrogen and oxygen atoms in total. The van der Waals surface area contributed by atoms with Crippen LogP contribution in [-0.4, -0.2) is 32.2 Å². The molecule has 0 N–H and O–H groups in total. The molecule has 0 saturated carbocycles. The topological polar surface area (TPSA) is 40.2 Å². The van der Waals surface area contributed by atoms with Crippen LogP contribution in [0.2, 0.25) is 0 Å². The van der Waals surface area contributed by atoms with Crippen molar-refractivity contribution in [3.8, 4) is 0 Å². The number of ether oxygens (including phenoxy) is 4. The van der Waals surface area contributed by atoms with Gasteiger partial charge in [0.25, 0.3) is 0 Å². The van der Waals surface area contributed by atoms with Gasteiger partial charge in [-0.05, 0) is 11.1 Å². The molecule has 0 bridgehead atoms. The average Bonchev–Trinajstić information content (AvgIpc) is 3.13. The summed E-state index contributed by atoms with van der Waals surface area (Å²) in [4.78, 5) is 0. The molecule has 18 heavy (non-hydrogen) atoms. The number of epoxide rings is 1. The van der Waals surface area contributed by atoms with E-state index in [1.165, 1.54) is 11.1 Å². The predicted molar refractivity (Wildman–Crippen MR) is 65.0 cm³/mol. The first-order valence-electron chi connectivity index (χ1n) is 6.40. The zero-order valence-corrected chi connectivity index (χ0v) is 10.3. The molecule has 1 aromatic rings. The fourth-order valence-electron chi connectivity index (χ4n) is 1.74. The highest BCUT2D eigenvalue weighted by Gasteiger charge is 2.22. The van der Waals surface area contributed by atoms with Crippen molar-refractivity contribution in [2.75, 3.05) is 19.8 Å². The lowest BCUT2D eigenvalue weighted by molar-refractivity contribution is -0.220. The minimum atomic E-state index is 0.00607. The number of hydrogen-bond donors (Lipinski definition) is 0. The Labute approximate surface area is 107 Å². The van der Waals surface area contributed by atoms with Crippen molar-refractivity contribution < 1.29 is 18.9 Å². The molecule has 0 amide bonds. The molecule has 0 aliphatic carbocycles. The van der Waals surface area contributed by atoms with Crippen molar-refractivity contribution in [3.63, 3.8) is 0 Å². The van der Waals surface area contributed by atoms with Crippen molar-refractivity contribution >= 4 is 0 Å². The third-order valence-corrected chi connectivity index (χ3v) is 3.09. The minimum absolute atomic E-state index is 0.00607. The van der Waals surface area contributed by atoms with Crippen LogP contribution < -0.4 is 0 Å². The van der Waals surface area contributed by atoms with Crippen molar-refractivity contribution in [2.45, 2.75) is 32.0 Å². The summed E-state index contributed by atoms with van der Waals surface area (Å²) >= 11 is 0. The molecule has 0 spiro atoms. The molecule has 2 saturated heterocycles. The first-order chi connectivity index (χ1) is 8.90. The monoisotopic (exact) mass is 250 g/mol. The van der Waals surface area contributed by atoms with E-state index in [1.807, 2.05) is 0 Å². The molecule has 0 radical (unpaired) electrons. The lowest BCUT2D eigenvalue weighted by Gasteiger charge is -2.26. The largest absolute Gasteiger partial charge is 0.374 e. The summed E-state index contributed by atoms with van der Waals surface area (Å²) in [6, 6.07) is 8.30. The lowest BCUT2D eigenvalue weighted by atomic mass is 10.1. The van der Waals surface area contributed by atoms with Crippen LogP contribution in [0.15, 0.2) is 24.3 Å². The van der Waals surface area contributed by atoms with E-state index in [2.05, 4.69) is 24.3 Å².